The number of hydrogen-bond donors (Lipinski definition) is 0. The zero-order valence-corrected chi connectivity index (χ0v) is 30.4. The van der Waals surface area contributed by atoms with Crippen LogP contribution in [0.3, 0.4) is 0 Å². The molecule has 0 saturated carbocycles. The van der Waals surface area contributed by atoms with Gasteiger partial charge in [0.05, 0.1) is 24.4 Å². The summed E-state index contributed by atoms with van der Waals surface area (Å²) in [6.07, 6.45) is 3.71. The van der Waals surface area contributed by atoms with E-state index < -0.39 is 30.6 Å². The summed E-state index contributed by atoms with van der Waals surface area (Å²) >= 11 is 12.9. The largest absolute Gasteiger partial charge is 0.490 e. The van der Waals surface area contributed by atoms with Crippen LogP contribution in [0, 0.1) is 11.7 Å². The molecule has 3 aliphatic heterocycles. The van der Waals surface area contributed by atoms with Crippen molar-refractivity contribution in [2.45, 2.75) is 58.0 Å². The number of alkyl halides is 2. The highest BCUT2D eigenvalue weighted by Gasteiger charge is 2.38. The van der Waals surface area contributed by atoms with Crippen molar-refractivity contribution < 1.29 is 46.7 Å². The van der Waals surface area contributed by atoms with E-state index in [0.717, 1.165) is 25.9 Å². The summed E-state index contributed by atoms with van der Waals surface area (Å²) < 4.78 is 63.7. The first-order valence-electron chi connectivity index (χ1n) is 17.4. The second-order valence-corrected chi connectivity index (χ2v) is 13.8. The van der Waals surface area contributed by atoms with Crippen molar-refractivity contribution in [1.29, 1.82) is 0 Å². The van der Waals surface area contributed by atoms with E-state index in [-0.39, 0.29) is 54.3 Å². The molecule has 3 aromatic carbocycles. The molecule has 1 N–H and O–H groups in total. The molecule has 0 unspecified atom stereocenters. The van der Waals surface area contributed by atoms with Gasteiger partial charge in [0.2, 0.25) is 0 Å². The number of carbonyl (C=O) groups is 2. The highest BCUT2D eigenvalue weighted by atomic mass is 35.5. The van der Waals surface area contributed by atoms with Crippen LogP contribution in [-0.2, 0) is 22.4 Å². The minimum atomic E-state index is -3.07. The van der Waals surface area contributed by atoms with E-state index in [2.05, 4.69) is 14.6 Å². The van der Waals surface area contributed by atoms with E-state index in [0.29, 0.717) is 39.7 Å². The molecule has 1 aromatic heterocycles. The third kappa shape index (κ3) is 9.54. The van der Waals surface area contributed by atoms with Crippen molar-refractivity contribution in [3.63, 3.8) is 0 Å². The summed E-state index contributed by atoms with van der Waals surface area (Å²) in [7, 11) is 0. The lowest BCUT2D eigenvalue weighted by Gasteiger charge is -2.44. The Labute approximate surface area is 315 Å². The number of aromatic nitrogens is 1. The summed E-state index contributed by atoms with van der Waals surface area (Å²) in [5, 5.41) is 0.601. The quantitative estimate of drug-likeness (QED) is 0.119. The van der Waals surface area contributed by atoms with Gasteiger partial charge in [-0.2, -0.15) is 8.78 Å². The van der Waals surface area contributed by atoms with Gasteiger partial charge >= 0.3 is 18.7 Å². The molecule has 0 radical (unpaired) electrons. The van der Waals surface area contributed by atoms with Crippen molar-refractivity contribution in [1.82, 2.24) is 4.90 Å². The first kappa shape index (κ1) is 38.2. The Morgan fingerprint density at radius 2 is 1.70 bits per heavy atom. The monoisotopic (exact) mass is 772 g/mol. The number of fused-ring (bicyclic) bond motifs is 3. The summed E-state index contributed by atoms with van der Waals surface area (Å²) in [4.78, 5) is 33.6. The van der Waals surface area contributed by atoms with Gasteiger partial charge in [-0.05, 0) is 85.8 Å². The Hall–Kier alpha value is -4.52. The molecule has 0 spiro atoms. The van der Waals surface area contributed by atoms with Gasteiger partial charge in [-0.3, -0.25) is 9.80 Å². The van der Waals surface area contributed by atoms with Crippen LogP contribution in [0.1, 0.15) is 59.3 Å². The topological polar surface area (TPSA) is 91.7 Å². The number of nitrogens with one attached hydrogen (secondary N) is 1. The number of rotatable bonds is 14. The molecule has 9 nitrogen and oxygen atoms in total. The van der Waals surface area contributed by atoms with Crippen LogP contribution in [0.4, 0.5) is 23.7 Å². The number of pyridine rings is 1. The number of hydrogen-bond acceptors (Lipinski definition) is 7. The molecule has 280 valence electrons. The Morgan fingerprint density at radius 3 is 2.34 bits per heavy atom. The minimum absolute atomic E-state index is 0.0194. The van der Waals surface area contributed by atoms with Crippen molar-refractivity contribution in [2.24, 2.45) is 5.92 Å². The average molecular weight is 774 g/mol. The number of H-pyrrole nitrogens is 1. The molecule has 4 heterocycles. The number of benzene rings is 3. The molecular weight excluding hydrogens is 734 g/mol. The van der Waals surface area contributed by atoms with Crippen LogP contribution in [0.5, 0.6) is 11.5 Å². The predicted molar refractivity (Wildman–Crippen MR) is 192 cm³/mol. The van der Waals surface area contributed by atoms with Crippen LogP contribution in [-0.4, -0.2) is 55.9 Å². The van der Waals surface area contributed by atoms with E-state index in [1.807, 2.05) is 6.92 Å². The van der Waals surface area contributed by atoms with Crippen LogP contribution in [0.2, 0.25) is 10.0 Å². The third-order valence-corrected chi connectivity index (χ3v) is 10.1. The zero-order valence-electron chi connectivity index (χ0n) is 28.9. The second-order valence-electron chi connectivity index (χ2n) is 13.0. The molecule has 3 saturated heterocycles. The van der Waals surface area contributed by atoms with Crippen LogP contribution in [0.15, 0.2) is 79.1 Å². The summed E-state index contributed by atoms with van der Waals surface area (Å²) in [5.74, 6) is -1.11. The fraction of sp³-hybridized carbons (Fsp3) is 0.359. The summed E-state index contributed by atoms with van der Waals surface area (Å²) in [5.41, 5.74) is 1.78. The fourth-order valence-corrected chi connectivity index (χ4v) is 7.14. The van der Waals surface area contributed by atoms with Gasteiger partial charge in [-0.1, -0.05) is 60.5 Å². The molecule has 0 aliphatic carbocycles. The molecule has 7 rings (SSSR count). The number of halogens is 5. The second kappa shape index (κ2) is 17.5. The Morgan fingerprint density at radius 1 is 0.981 bits per heavy atom. The number of piperidine rings is 3. The lowest BCUT2D eigenvalue weighted by atomic mass is 9.86. The molecule has 3 fully saturated rings. The first-order chi connectivity index (χ1) is 25.6. The van der Waals surface area contributed by atoms with Crippen molar-refractivity contribution in [3.05, 3.63) is 117 Å². The molecule has 3 aliphatic rings. The SMILES string of the molecule is CCCOc1cc([C@H](Cc2c(Cl)c[nH+]cc2Cl)OC(=O)c2ccc(CN(C(=O)O[C@H]3CN4CCC3CC4)c3ccccc3F)cc2)ccc1OC(F)F. The Kier molecular flexibility index (Phi) is 12.6. The molecule has 2 atom stereocenters. The van der Waals surface area contributed by atoms with Crippen LogP contribution >= 0.6 is 23.2 Å². The van der Waals surface area contributed by atoms with Gasteiger partial charge in [0.1, 0.15) is 28.1 Å². The average Bonchev–Trinajstić information content (AvgIpc) is 3.15. The van der Waals surface area contributed by atoms with Gasteiger partial charge < -0.3 is 18.9 Å². The van der Waals surface area contributed by atoms with E-state index in [4.69, 9.17) is 37.4 Å². The smallest absolute Gasteiger partial charge is 0.415 e. The first-order valence-corrected chi connectivity index (χ1v) is 18.2. The van der Waals surface area contributed by atoms with Gasteiger partial charge in [-0.15, -0.1) is 0 Å². The van der Waals surface area contributed by atoms with Crippen LogP contribution < -0.4 is 19.4 Å². The number of amides is 1. The number of esters is 1. The number of anilines is 1. The van der Waals surface area contributed by atoms with E-state index in [1.165, 1.54) is 47.6 Å². The maximum atomic E-state index is 15.0. The Bertz CT molecular complexity index is 1870. The molecule has 2 bridgehead atoms. The molecule has 4 aromatic rings. The number of carbonyl (C=O) groups excluding carboxylic acids is 2. The molecular formula is C39H39Cl2F3N3O6+. The maximum Gasteiger partial charge on any atom is 0.415 e. The lowest BCUT2D eigenvalue weighted by Crippen LogP contribution is -2.53. The lowest BCUT2D eigenvalue weighted by molar-refractivity contribution is -0.377. The summed E-state index contributed by atoms with van der Waals surface area (Å²) in [6, 6.07) is 16.7. The standard InChI is InChI=1S/C39H38Cl2F3N3O6/c1-2-17-50-35-18-27(11-12-33(35)52-38(43)44)34(19-28-29(40)20-45-21-30(28)41)51-37(48)26-9-7-24(8-10-26)22-47(32-6-4-3-5-31(32)42)39(49)53-36-23-46-15-13-25(36)14-16-46/h3-12,18,20-21,25,34,36,38H,2,13-17,19,22-23H2,1H3/p+1/t34-,36-/m0/s1. The van der Waals surface area contributed by atoms with Gasteiger partial charge in [-0.25, -0.2) is 19.0 Å². The molecule has 1 amide bonds. The minimum Gasteiger partial charge on any atom is -0.490 e. The number of para-hydroxylation sites is 1. The van der Waals surface area contributed by atoms with Crippen molar-refractivity contribution in [2.75, 3.05) is 31.1 Å². The maximum absolute atomic E-state index is 15.0. The number of ether oxygens (including phenoxy) is 4. The van der Waals surface area contributed by atoms with E-state index in [1.54, 1.807) is 36.4 Å². The van der Waals surface area contributed by atoms with E-state index >= 15 is 4.39 Å². The van der Waals surface area contributed by atoms with Crippen LogP contribution in [0.25, 0.3) is 0 Å². The van der Waals surface area contributed by atoms with Gasteiger partial charge in [0.25, 0.3) is 0 Å². The number of nitrogens with zero attached hydrogens (tertiary/aromatic N) is 2. The molecule has 14 heteroatoms. The zero-order chi connectivity index (χ0) is 37.5. The van der Waals surface area contributed by atoms with E-state index in [9.17, 15) is 18.4 Å². The van der Waals surface area contributed by atoms with Gasteiger partial charge in [0, 0.05) is 18.5 Å². The number of aromatic amines is 1. The third-order valence-electron chi connectivity index (χ3n) is 9.40. The Balaban J connectivity index is 1.23. The summed E-state index contributed by atoms with van der Waals surface area (Å²) in [6.45, 7) is 1.62. The van der Waals surface area contributed by atoms with Gasteiger partial charge in [0.15, 0.2) is 23.9 Å². The molecule has 53 heavy (non-hydrogen) atoms. The van der Waals surface area contributed by atoms with Crippen molar-refractivity contribution >= 4 is 41.0 Å². The highest BCUT2D eigenvalue weighted by Crippen LogP contribution is 2.37. The predicted octanol–water partition coefficient (Wildman–Crippen LogP) is 8.72. The fourth-order valence-electron chi connectivity index (χ4n) is 6.61. The normalized spacial score (nSPS) is 18.4. The highest BCUT2D eigenvalue weighted by molar-refractivity contribution is 6.35. The van der Waals surface area contributed by atoms with Crippen molar-refractivity contribution in [3.8, 4) is 11.5 Å².